The van der Waals surface area contributed by atoms with Crippen molar-refractivity contribution in [1.82, 2.24) is 15.2 Å². The van der Waals surface area contributed by atoms with Crippen LogP contribution in [-0.2, 0) is 11.3 Å². The molecule has 8 heteroatoms. The van der Waals surface area contributed by atoms with Crippen LogP contribution in [0.2, 0.25) is 5.02 Å². The summed E-state index contributed by atoms with van der Waals surface area (Å²) in [6, 6.07) is 7.23. The molecule has 27 heavy (non-hydrogen) atoms. The second-order valence-corrected chi connectivity index (χ2v) is 8.07. The van der Waals surface area contributed by atoms with Crippen LogP contribution in [0, 0.1) is 6.92 Å². The minimum atomic E-state index is -0.0801. The Balaban J connectivity index is 1.53. The van der Waals surface area contributed by atoms with E-state index in [4.69, 9.17) is 21.1 Å². The first kappa shape index (κ1) is 20.1. The number of morpholine rings is 1. The molecule has 0 aliphatic carbocycles. The lowest BCUT2D eigenvalue weighted by molar-refractivity contribution is 0.0342. The molecular weight excluding hydrogens is 386 g/mol. The number of hydrogen-bond acceptors (Lipinski definition) is 6. The van der Waals surface area contributed by atoms with Gasteiger partial charge in [-0.1, -0.05) is 11.6 Å². The van der Waals surface area contributed by atoms with Gasteiger partial charge in [0.2, 0.25) is 0 Å². The molecule has 6 nitrogen and oxygen atoms in total. The third-order valence-corrected chi connectivity index (χ3v) is 5.62. The third kappa shape index (κ3) is 5.90. The van der Waals surface area contributed by atoms with Crippen LogP contribution in [-0.4, -0.2) is 54.7 Å². The standard InChI is InChI=1S/C19H24ClN3O3S/c1-13(11-23-7-9-25-10-8-23)21-19(24)18-14(2)22-17(27-18)12-26-16-5-3-15(20)4-6-16/h3-6,13H,7-12H2,1-2H3,(H,21,24). The van der Waals surface area contributed by atoms with Crippen LogP contribution in [0.5, 0.6) is 5.75 Å². The number of carbonyl (C=O) groups excluding carboxylic acids is 1. The van der Waals surface area contributed by atoms with Gasteiger partial charge in [0.1, 0.15) is 22.2 Å². The lowest BCUT2D eigenvalue weighted by Gasteiger charge is -2.29. The summed E-state index contributed by atoms with van der Waals surface area (Å²) < 4.78 is 11.1. The quantitative estimate of drug-likeness (QED) is 0.761. The van der Waals surface area contributed by atoms with Crippen LogP contribution in [0.4, 0.5) is 0 Å². The first-order valence-electron chi connectivity index (χ1n) is 8.97. The Labute approximate surface area is 168 Å². The van der Waals surface area contributed by atoms with E-state index < -0.39 is 0 Å². The molecule has 1 amide bonds. The normalized spacial score (nSPS) is 16.1. The summed E-state index contributed by atoms with van der Waals surface area (Å²) in [6.07, 6.45) is 0. The van der Waals surface area contributed by atoms with Crippen molar-refractivity contribution in [2.75, 3.05) is 32.8 Å². The Morgan fingerprint density at radius 2 is 2.07 bits per heavy atom. The van der Waals surface area contributed by atoms with E-state index in [0.29, 0.717) is 16.5 Å². The summed E-state index contributed by atoms with van der Waals surface area (Å²) in [4.78, 5) is 20.0. The molecule has 3 rings (SSSR count). The Hall–Kier alpha value is -1.67. The number of ether oxygens (including phenoxy) is 2. The van der Waals surface area contributed by atoms with E-state index in [1.165, 1.54) is 11.3 Å². The average molecular weight is 410 g/mol. The Morgan fingerprint density at radius 3 is 2.78 bits per heavy atom. The van der Waals surface area contributed by atoms with E-state index in [2.05, 4.69) is 15.2 Å². The van der Waals surface area contributed by atoms with E-state index in [1.807, 2.05) is 26.0 Å². The SMILES string of the molecule is Cc1nc(COc2ccc(Cl)cc2)sc1C(=O)NC(C)CN1CCOCC1. The first-order chi connectivity index (χ1) is 13.0. The smallest absolute Gasteiger partial charge is 0.263 e. The zero-order valence-corrected chi connectivity index (χ0v) is 17.1. The predicted molar refractivity (Wildman–Crippen MR) is 107 cm³/mol. The van der Waals surface area contributed by atoms with Gasteiger partial charge in [0.25, 0.3) is 5.91 Å². The van der Waals surface area contributed by atoms with Gasteiger partial charge in [0.15, 0.2) is 0 Å². The van der Waals surface area contributed by atoms with Gasteiger partial charge in [-0.2, -0.15) is 0 Å². The molecular formula is C19H24ClN3O3S. The summed E-state index contributed by atoms with van der Waals surface area (Å²) in [5.74, 6) is 0.640. The minimum Gasteiger partial charge on any atom is -0.486 e. The second-order valence-electron chi connectivity index (χ2n) is 6.55. The van der Waals surface area contributed by atoms with Gasteiger partial charge in [-0.25, -0.2) is 4.98 Å². The topological polar surface area (TPSA) is 63.7 Å². The summed E-state index contributed by atoms with van der Waals surface area (Å²) in [7, 11) is 0. The molecule has 1 aliphatic heterocycles. The highest BCUT2D eigenvalue weighted by atomic mass is 35.5. The van der Waals surface area contributed by atoms with Gasteiger partial charge in [-0.05, 0) is 38.1 Å². The highest BCUT2D eigenvalue weighted by Crippen LogP contribution is 2.21. The van der Waals surface area contributed by atoms with E-state index in [0.717, 1.165) is 49.3 Å². The number of rotatable bonds is 7. The van der Waals surface area contributed by atoms with Crippen molar-refractivity contribution < 1.29 is 14.3 Å². The van der Waals surface area contributed by atoms with Crippen molar-refractivity contribution >= 4 is 28.8 Å². The number of hydrogen-bond donors (Lipinski definition) is 1. The van der Waals surface area contributed by atoms with Crippen LogP contribution >= 0.6 is 22.9 Å². The van der Waals surface area contributed by atoms with Gasteiger partial charge in [-0.3, -0.25) is 9.69 Å². The van der Waals surface area contributed by atoms with E-state index in [-0.39, 0.29) is 11.9 Å². The maximum atomic E-state index is 12.6. The monoisotopic (exact) mass is 409 g/mol. The van der Waals surface area contributed by atoms with E-state index in [9.17, 15) is 4.79 Å². The van der Waals surface area contributed by atoms with Crippen LogP contribution < -0.4 is 10.1 Å². The molecule has 1 unspecified atom stereocenters. The number of aromatic nitrogens is 1. The molecule has 2 aromatic rings. The summed E-state index contributed by atoms with van der Waals surface area (Å²) in [5, 5.41) is 4.51. The molecule has 2 heterocycles. The molecule has 0 spiro atoms. The van der Waals surface area contributed by atoms with Crippen molar-refractivity contribution in [2.45, 2.75) is 26.5 Å². The number of aryl methyl sites for hydroxylation is 1. The summed E-state index contributed by atoms with van der Waals surface area (Å²) in [5.41, 5.74) is 0.728. The molecule has 1 aromatic heterocycles. The third-order valence-electron chi connectivity index (χ3n) is 4.24. The minimum absolute atomic E-state index is 0.0610. The number of benzene rings is 1. The summed E-state index contributed by atoms with van der Waals surface area (Å²) >= 11 is 7.24. The highest BCUT2D eigenvalue weighted by molar-refractivity contribution is 7.13. The molecule has 0 radical (unpaired) electrons. The fourth-order valence-corrected chi connectivity index (χ4v) is 3.91. The van der Waals surface area contributed by atoms with Gasteiger partial charge in [0.05, 0.1) is 18.9 Å². The predicted octanol–water partition coefficient (Wildman–Crippen LogP) is 3.13. The number of carbonyl (C=O) groups is 1. The van der Waals surface area contributed by atoms with Gasteiger partial charge in [0, 0.05) is 30.7 Å². The number of nitrogens with one attached hydrogen (secondary N) is 1. The Morgan fingerprint density at radius 1 is 1.37 bits per heavy atom. The molecule has 0 bridgehead atoms. The summed E-state index contributed by atoms with van der Waals surface area (Å²) in [6.45, 7) is 8.34. The maximum Gasteiger partial charge on any atom is 0.263 e. The van der Waals surface area contributed by atoms with Crippen LogP contribution in [0.1, 0.15) is 27.3 Å². The number of amides is 1. The molecule has 1 atom stereocenters. The molecule has 1 N–H and O–H groups in total. The number of nitrogens with zero attached hydrogens (tertiary/aromatic N) is 2. The zero-order chi connectivity index (χ0) is 19.2. The van der Waals surface area contributed by atoms with Crippen LogP contribution in [0.3, 0.4) is 0 Å². The molecule has 1 fully saturated rings. The number of halogens is 1. The lowest BCUT2D eigenvalue weighted by Crippen LogP contribution is -2.46. The number of thiazole rings is 1. The van der Waals surface area contributed by atoms with Crippen LogP contribution in [0.25, 0.3) is 0 Å². The Kier molecular flexibility index (Phi) is 7.07. The first-order valence-corrected chi connectivity index (χ1v) is 10.2. The molecule has 146 valence electrons. The van der Waals surface area contributed by atoms with Crippen LogP contribution in [0.15, 0.2) is 24.3 Å². The van der Waals surface area contributed by atoms with E-state index in [1.54, 1.807) is 12.1 Å². The average Bonchev–Trinajstić information content (AvgIpc) is 3.03. The largest absolute Gasteiger partial charge is 0.486 e. The van der Waals surface area contributed by atoms with Gasteiger partial charge < -0.3 is 14.8 Å². The van der Waals surface area contributed by atoms with Gasteiger partial charge in [-0.15, -0.1) is 11.3 Å². The fourth-order valence-electron chi connectivity index (χ4n) is 2.91. The van der Waals surface area contributed by atoms with Crippen molar-refractivity contribution in [3.63, 3.8) is 0 Å². The van der Waals surface area contributed by atoms with Crippen molar-refractivity contribution in [3.8, 4) is 5.75 Å². The highest BCUT2D eigenvalue weighted by Gasteiger charge is 2.19. The van der Waals surface area contributed by atoms with Crippen molar-refractivity contribution in [2.24, 2.45) is 0 Å². The fraction of sp³-hybridized carbons (Fsp3) is 0.474. The molecule has 1 saturated heterocycles. The zero-order valence-electron chi connectivity index (χ0n) is 15.5. The van der Waals surface area contributed by atoms with Crippen molar-refractivity contribution in [3.05, 3.63) is 44.9 Å². The second kappa shape index (κ2) is 9.50. The van der Waals surface area contributed by atoms with Crippen molar-refractivity contribution in [1.29, 1.82) is 0 Å². The maximum absolute atomic E-state index is 12.6. The van der Waals surface area contributed by atoms with E-state index >= 15 is 0 Å². The molecule has 0 saturated carbocycles. The Bertz CT molecular complexity index is 760. The molecule has 1 aliphatic rings. The molecule has 1 aromatic carbocycles. The van der Waals surface area contributed by atoms with Gasteiger partial charge >= 0.3 is 0 Å². The lowest BCUT2D eigenvalue weighted by atomic mass is 10.2.